The second-order valence-electron chi connectivity index (χ2n) is 10.2. The molecule has 1 rings (SSSR count). The molecular formula is C24H40N2O6. The molecule has 1 aliphatic heterocycles. The van der Waals surface area contributed by atoms with Crippen molar-refractivity contribution in [1.82, 2.24) is 10.2 Å². The minimum Gasteiger partial charge on any atom is -0.458 e. The molecule has 8 nitrogen and oxygen atoms in total. The number of carbonyl (C=O) groups excluding carboxylic acids is 4. The molecule has 1 heterocycles. The first-order valence-corrected chi connectivity index (χ1v) is 11.3. The Hall–Kier alpha value is -2.38. The van der Waals surface area contributed by atoms with Gasteiger partial charge in [0, 0.05) is 19.3 Å². The van der Waals surface area contributed by atoms with Gasteiger partial charge in [0.1, 0.15) is 23.3 Å². The lowest BCUT2D eigenvalue weighted by molar-refractivity contribution is -0.160. The minimum absolute atomic E-state index is 0.194. The molecule has 1 aliphatic rings. The Morgan fingerprint density at radius 3 is 2.06 bits per heavy atom. The monoisotopic (exact) mass is 452 g/mol. The first kappa shape index (κ1) is 27.7. The van der Waals surface area contributed by atoms with Crippen LogP contribution in [0.5, 0.6) is 0 Å². The number of ketones is 1. The summed E-state index contributed by atoms with van der Waals surface area (Å²) in [6, 6.07) is -2.68. The van der Waals surface area contributed by atoms with Crippen molar-refractivity contribution in [2.75, 3.05) is 0 Å². The highest BCUT2D eigenvalue weighted by Crippen LogP contribution is 2.36. The van der Waals surface area contributed by atoms with Gasteiger partial charge >= 0.3 is 12.1 Å². The van der Waals surface area contributed by atoms with Crippen molar-refractivity contribution in [2.24, 2.45) is 5.92 Å². The molecule has 0 bridgehead atoms. The van der Waals surface area contributed by atoms with E-state index in [1.54, 1.807) is 41.5 Å². The van der Waals surface area contributed by atoms with Crippen LogP contribution in [0.2, 0.25) is 0 Å². The van der Waals surface area contributed by atoms with Gasteiger partial charge in [0.2, 0.25) is 5.91 Å². The fourth-order valence-corrected chi connectivity index (χ4v) is 3.89. The van der Waals surface area contributed by atoms with Gasteiger partial charge < -0.3 is 14.8 Å². The Labute approximate surface area is 192 Å². The highest BCUT2D eigenvalue weighted by atomic mass is 16.6. The average Bonchev–Trinajstić information content (AvgIpc) is 2.96. The standard InChI is InChI=1S/C24H40N2O6/c1-10-12-16-14-17(21(29)31-23(4,5)6)26(22(30)32-24(7,8)9)20(16)19(25-15(3)27)18(28)13-11-2/h10,12,16-17,19-20H,11,13-14H2,1-9H3,(H,25,27)/b12-10-/t16-,17-,19+,20-/m1/s1. The summed E-state index contributed by atoms with van der Waals surface area (Å²) in [5.74, 6) is -1.49. The van der Waals surface area contributed by atoms with Crippen LogP contribution in [0, 0.1) is 5.92 Å². The van der Waals surface area contributed by atoms with E-state index in [2.05, 4.69) is 5.32 Å². The van der Waals surface area contributed by atoms with E-state index in [4.69, 9.17) is 9.47 Å². The van der Waals surface area contributed by atoms with Gasteiger partial charge in [-0.2, -0.15) is 0 Å². The van der Waals surface area contributed by atoms with E-state index in [1.807, 2.05) is 26.0 Å². The molecule has 0 spiro atoms. The van der Waals surface area contributed by atoms with E-state index in [-0.39, 0.29) is 30.4 Å². The third kappa shape index (κ3) is 7.95. The van der Waals surface area contributed by atoms with Crippen molar-refractivity contribution in [1.29, 1.82) is 0 Å². The van der Waals surface area contributed by atoms with Crippen molar-refractivity contribution in [3.05, 3.63) is 12.2 Å². The molecule has 0 radical (unpaired) electrons. The van der Waals surface area contributed by atoms with Crippen molar-refractivity contribution in [3.8, 4) is 0 Å². The highest BCUT2D eigenvalue weighted by molar-refractivity contribution is 5.91. The molecular weight excluding hydrogens is 412 g/mol. The van der Waals surface area contributed by atoms with E-state index >= 15 is 0 Å². The number of likely N-dealkylation sites (tertiary alicyclic amines) is 1. The Bertz CT molecular complexity index is 732. The number of amides is 2. The van der Waals surface area contributed by atoms with Crippen LogP contribution in [0.25, 0.3) is 0 Å². The Kier molecular flexibility index (Phi) is 9.48. The van der Waals surface area contributed by atoms with E-state index < -0.39 is 41.4 Å². The maximum absolute atomic E-state index is 13.3. The third-order valence-electron chi connectivity index (χ3n) is 4.86. The summed E-state index contributed by atoms with van der Waals surface area (Å²) in [4.78, 5) is 52.8. The molecule has 0 saturated carbocycles. The normalized spacial score (nSPS) is 22.5. The molecule has 0 unspecified atom stereocenters. The molecule has 0 aromatic rings. The summed E-state index contributed by atoms with van der Waals surface area (Å²) in [6.45, 7) is 15.5. The molecule has 2 amide bonds. The van der Waals surface area contributed by atoms with Crippen molar-refractivity contribution in [3.63, 3.8) is 0 Å². The first-order chi connectivity index (χ1) is 14.6. The maximum Gasteiger partial charge on any atom is 0.411 e. The van der Waals surface area contributed by atoms with Gasteiger partial charge in [0.25, 0.3) is 0 Å². The molecule has 182 valence electrons. The van der Waals surface area contributed by atoms with Crippen LogP contribution in [0.3, 0.4) is 0 Å². The lowest BCUT2D eigenvalue weighted by atomic mass is 9.89. The number of carbonyl (C=O) groups is 4. The lowest BCUT2D eigenvalue weighted by Crippen LogP contribution is -2.59. The zero-order valence-electron chi connectivity index (χ0n) is 21.0. The number of ether oxygens (including phenoxy) is 2. The van der Waals surface area contributed by atoms with E-state index in [9.17, 15) is 19.2 Å². The summed E-state index contributed by atoms with van der Waals surface area (Å²) in [6.07, 6.45) is 4.06. The fraction of sp³-hybridized carbons (Fsp3) is 0.750. The number of hydrogen-bond donors (Lipinski definition) is 1. The Morgan fingerprint density at radius 1 is 1.06 bits per heavy atom. The second-order valence-corrected chi connectivity index (χ2v) is 10.2. The number of rotatable bonds is 7. The quantitative estimate of drug-likeness (QED) is 0.466. The summed E-state index contributed by atoms with van der Waals surface area (Å²) in [7, 11) is 0. The van der Waals surface area contributed by atoms with Crippen LogP contribution in [0.4, 0.5) is 4.79 Å². The molecule has 0 aliphatic carbocycles. The SMILES string of the molecule is C/C=C\[C@@H]1C[C@H](C(=O)OC(C)(C)C)N(C(=O)OC(C)(C)C)[C@H]1[C@@H](NC(C)=O)C(=O)CCC. The smallest absolute Gasteiger partial charge is 0.411 e. The summed E-state index contributed by atoms with van der Waals surface area (Å²) in [5.41, 5.74) is -1.56. The fourth-order valence-electron chi connectivity index (χ4n) is 3.89. The molecule has 1 fully saturated rings. The molecule has 0 aromatic heterocycles. The zero-order chi connectivity index (χ0) is 24.9. The third-order valence-corrected chi connectivity index (χ3v) is 4.86. The van der Waals surface area contributed by atoms with E-state index in [1.165, 1.54) is 11.8 Å². The molecule has 8 heteroatoms. The van der Waals surface area contributed by atoms with Gasteiger partial charge in [-0.25, -0.2) is 9.59 Å². The largest absolute Gasteiger partial charge is 0.458 e. The topological polar surface area (TPSA) is 102 Å². The number of nitrogens with zero attached hydrogens (tertiary/aromatic N) is 1. The second kappa shape index (κ2) is 11.0. The highest BCUT2D eigenvalue weighted by Gasteiger charge is 2.53. The van der Waals surface area contributed by atoms with Crippen LogP contribution in [0.1, 0.15) is 81.6 Å². The number of esters is 1. The number of Topliss-reactive ketones (excluding diaryl/α,β-unsaturated/α-hetero) is 1. The summed E-state index contributed by atoms with van der Waals surface area (Å²) < 4.78 is 11.2. The van der Waals surface area contributed by atoms with Crippen LogP contribution in [-0.4, -0.2) is 58.0 Å². The number of hydrogen-bond acceptors (Lipinski definition) is 6. The van der Waals surface area contributed by atoms with Crippen molar-refractivity contribution in [2.45, 2.75) is 111 Å². The number of nitrogens with one attached hydrogen (secondary N) is 1. The minimum atomic E-state index is -0.964. The van der Waals surface area contributed by atoms with Gasteiger partial charge in [-0.15, -0.1) is 0 Å². The Morgan fingerprint density at radius 2 is 1.62 bits per heavy atom. The summed E-state index contributed by atoms with van der Waals surface area (Å²) in [5, 5.41) is 2.73. The molecule has 4 atom stereocenters. The van der Waals surface area contributed by atoms with Gasteiger partial charge in [-0.1, -0.05) is 19.1 Å². The summed E-state index contributed by atoms with van der Waals surface area (Å²) >= 11 is 0. The molecule has 1 N–H and O–H groups in total. The lowest BCUT2D eigenvalue weighted by Gasteiger charge is -2.37. The van der Waals surface area contributed by atoms with Crippen molar-refractivity contribution >= 4 is 23.8 Å². The van der Waals surface area contributed by atoms with E-state index in [0.29, 0.717) is 6.42 Å². The van der Waals surface area contributed by atoms with Crippen molar-refractivity contribution < 1.29 is 28.7 Å². The molecule has 1 saturated heterocycles. The Balaban J connectivity index is 3.57. The zero-order valence-corrected chi connectivity index (χ0v) is 21.0. The van der Waals surface area contributed by atoms with Crippen LogP contribution < -0.4 is 5.32 Å². The van der Waals surface area contributed by atoms with Crippen LogP contribution in [-0.2, 0) is 23.9 Å². The average molecular weight is 453 g/mol. The number of allylic oxidation sites excluding steroid dienone is 1. The molecule has 0 aromatic carbocycles. The van der Waals surface area contributed by atoms with Crippen LogP contribution >= 0.6 is 0 Å². The maximum atomic E-state index is 13.3. The van der Waals surface area contributed by atoms with Gasteiger partial charge in [0.15, 0.2) is 5.78 Å². The predicted octanol–water partition coefficient (Wildman–Crippen LogP) is 3.77. The molecule has 32 heavy (non-hydrogen) atoms. The van der Waals surface area contributed by atoms with Gasteiger partial charge in [-0.3, -0.25) is 14.5 Å². The van der Waals surface area contributed by atoms with E-state index in [0.717, 1.165) is 0 Å². The predicted molar refractivity (Wildman–Crippen MR) is 122 cm³/mol. The van der Waals surface area contributed by atoms with Gasteiger partial charge in [-0.05, 0) is 61.3 Å². The van der Waals surface area contributed by atoms with Gasteiger partial charge in [0.05, 0.1) is 6.04 Å². The van der Waals surface area contributed by atoms with Crippen LogP contribution in [0.15, 0.2) is 12.2 Å². The first-order valence-electron chi connectivity index (χ1n) is 11.3.